The van der Waals surface area contributed by atoms with Gasteiger partial charge in [0.05, 0.1) is 6.10 Å². The third-order valence-electron chi connectivity index (χ3n) is 8.53. The molecule has 1 aromatic carbocycles. The minimum absolute atomic E-state index is 0.287. The molecule has 1 saturated heterocycles. The molecule has 7 heteroatoms. The topological polar surface area (TPSA) is 113 Å². The molecule has 2 aliphatic carbocycles. The molecule has 1 heterocycles. The Morgan fingerprint density at radius 3 is 2.51 bits per heavy atom. The van der Waals surface area contributed by atoms with Crippen molar-refractivity contribution in [3.63, 3.8) is 0 Å². The van der Waals surface area contributed by atoms with Gasteiger partial charge in [0.15, 0.2) is 5.78 Å². The summed E-state index contributed by atoms with van der Waals surface area (Å²) in [7, 11) is 0. The van der Waals surface area contributed by atoms with Crippen LogP contribution in [0.25, 0.3) is 0 Å². The first-order chi connectivity index (χ1) is 17.4. The Bertz CT molecular complexity index is 1140. The average Bonchev–Trinajstić information content (AvgIpc) is 3.13. The number of hydrogen-bond acceptors (Lipinski definition) is 6. The van der Waals surface area contributed by atoms with Crippen LogP contribution in [0.4, 0.5) is 0 Å². The normalized spacial score (nSPS) is 40.7. The van der Waals surface area contributed by atoms with Gasteiger partial charge in [0.2, 0.25) is 5.91 Å². The average molecular weight is 508 g/mol. The summed E-state index contributed by atoms with van der Waals surface area (Å²) >= 11 is 0. The van der Waals surface area contributed by atoms with Crippen molar-refractivity contribution in [2.45, 2.75) is 64.4 Å². The van der Waals surface area contributed by atoms with Gasteiger partial charge in [-0.3, -0.25) is 14.4 Å². The van der Waals surface area contributed by atoms with Gasteiger partial charge in [-0.05, 0) is 49.0 Å². The van der Waals surface area contributed by atoms with Crippen molar-refractivity contribution >= 4 is 17.7 Å². The Balaban J connectivity index is 1.94. The second-order valence-electron chi connectivity index (χ2n) is 11.0. The van der Waals surface area contributed by atoms with Gasteiger partial charge in [0, 0.05) is 30.7 Å². The zero-order valence-corrected chi connectivity index (χ0v) is 21.9. The fraction of sp³-hybridized carbons (Fsp3) is 0.500. The van der Waals surface area contributed by atoms with Gasteiger partial charge in [0.1, 0.15) is 17.1 Å². The maximum absolute atomic E-state index is 14.2. The summed E-state index contributed by atoms with van der Waals surface area (Å²) in [5, 5.41) is 25.7. The van der Waals surface area contributed by atoms with E-state index in [0.29, 0.717) is 18.4 Å². The Labute approximate surface area is 218 Å². The minimum Gasteiger partial charge on any atom is -0.457 e. The molecule has 1 aliphatic heterocycles. The molecule has 1 aromatic rings. The van der Waals surface area contributed by atoms with Gasteiger partial charge in [0.25, 0.3) is 0 Å². The molecule has 3 N–H and O–H groups in total. The summed E-state index contributed by atoms with van der Waals surface area (Å²) in [6.07, 6.45) is 5.01. The Morgan fingerprint density at radius 2 is 1.86 bits per heavy atom. The molecule has 9 atom stereocenters. The van der Waals surface area contributed by atoms with E-state index in [1.54, 1.807) is 19.1 Å². The van der Waals surface area contributed by atoms with Crippen molar-refractivity contribution in [3.8, 4) is 0 Å². The van der Waals surface area contributed by atoms with Crippen molar-refractivity contribution in [2.75, 3.05) is 0 Å². The fourth-order valence-corrected chi connectivity index (χ4v) is 6.68. The minimum atomic E-state index is -1.82. The number of benzene rings is 1. The van der Waals surface area contributed by atoms with Crippen molar-refractivity contribution < 1.29 is 29.3 Å². The smallest absolute Gasteiger partial charge is 0.303 e. The fourth-order valence-electron chi connectivity index (χ4n) is 6.68. The molecule has 1 saturated carbocycles. The molecule has 198 valence electrons. The van der Waals surface area contributed by atoms with Crippen molar-refractivity contribution in [3.05, 3.63) is 72.4 Å². The number of rotatable bonds is 3. The molecular weight excluding hydrogens is 470 g/mol. The molecule has 6 unspecified atom stereocenters. The second-order valence-corrected chi connectivity index (χ2v) is 11.0. The van der Waals surface area contributed by atoms with E-state index < -0.39 is 46.9 Å². The molecule has 3 aliphatic rings. The first kappa shape index (κ1) is 27.0. The molecule has 1 amide bonds. The van der Waals surface area contributed by atoms with E-state index in [0.717, 1.165) is 5.56 Å². The Hall–Kier alpha value is -3.03. The number of hydrogen-bond donors (Lipinski definition) is 3. The third-order valence-corrected chi connectivity index (χ3v) is 8.53. The van der Waals surface area contributed by atoms with Crippen LogP contribution in [-0.2, 0) is 25.5 Å². The number of esters is 1. The summed E-state index contributed by atoms with van der Waals surface area (Å²) in [4.78, 5) is 39.5. The van der Waals surface area contributed by atoms with Crippen molar-refractivity contribution in [1.82, 2.24) is 5.32 Å². The monoisotopic (exact) mass is 507 g/mol. The van der Waals surface area contributed by atoms with E-state index in [4.69, 9.17) is 4.74 Å². The van der Waals surface area contributed by atoms with Gasteiger partial charge in [-0.25, -0.2) is 0 Å². The highest BCUT2D eigenvalue weighted by atomic mass is 16.5. The van der Waals surface area contributed by atoms with Crippen LogP contribution in [0.1, 0.15) is 39.7 Å². The molecule has 1 spiro atoms. The number of carbonyl (C=O) groups excluding carboxylic acids is 3. The molecule has 0 bridgehead atoms. The summed E-state index contributed by atoms with van der Waals surface area (Å²) in [5.41, 5.74) is -1.55. The number of Topliss-reactive ketones (excluding diaryl/α,β-unsaturated/α-hetero) is 1. The SMILES string of the molecule is C=C1C(C)C2C(Cc3ccccc3)NC(=O)C23C(C=CCC(C)C(=O)[C@](C)(O)/C=C\[C@H]3OC(C)=O)[C@H]1O. The largest absolute Gasteiger partial charge is 0.457 e. The predicted molar refractivity (Wildman–Crippen MR) is 139 cm³/mol. The van der Waals surface area contributed by atoms with Crippen LogP contribution in [0.15, 0.2) is 66.8 Å². The second kappa shape index (κ2) is 10.0. The number of ketones is 1. The first-order valence-corrected chi connectivity index (χ1v) is 12.9. The molecular formula is C30H37NO6. The number of aliphatic hydroxyl groups is 2. The molecule has 0 radical (unpaired) electrons. The van der Waals surface area contributed by atoms with Crippen molar-refractivity contribution in [1.29, 1.82) is 0 Å². The van der Waals surface area contributed by atoms with Crippen LogP contribution < -0.4 is 5.32 Å². The molecule has 37 heavy (non-hydrogen) atoms. The van der Waals surface area contributed by atoms with Gasteiger partial charge in [-0.2, -0.15) is 0 Å². The number of allylic oxidation sites excluding steroid dienone is 1. The van der Waals surface area contributed by atoms with Crippen LogP contribution in [-0.4, -0.2) is 51.7 Å². The highest BCUT2D eigenvalue weighted by molar-refractivity contribution is 5.91. The molecule has 7 nitrogen and oxygen atoms in total. The predicted octanol–water partition coefficient (Wildman–Crippen LogP) is 2.92. The molecule has 4 rings (SSSR count). The number of nitrogens with one attached hydrogen (secondary N) is 1. The molecule has 2 fully saturated rings. The van der Waals surface area contributed by atoms with E-state index in [9.17, 15) is 24.6 Å². The third kappa shape index (κ3) is 4.59. The lowest BCUT2D eigenvalue weighted by molar-refractivity contribution is -0.166. The quantitative estimate of drug-likeness (QED) is 0.428. The summed E-state index contributed by atoms with van der Waals surface area (Å²) in [6.45, 7) is 10.5. The van der Waals surface area contributed by atoms with Gasteiger partial charge >= 0.3 is 5.97 Å². The number of amides is 1. The van der Waals surface area contributed by atoms with E-state index in [1.807, 2.05) is 37.3 Å². The zero-order valence-electron chi connectivity index (χ0n) is 21.9. The molecule has 0 aromatic heterocycles. The first-order valence-electron chi connectivity index (χ1n) is 12.9. The Morgan fingerprint density at radius 1 is 1.19 bits per heavy atom. The van der Waals surface area contributed by atoms with Gasteiger partial charge in [-0.15, -0.1) is 0 Å². The lowest BCUT2D eigenvalue weighted by Gasteiger charge is -2.52. The highest BCUT2D eigenvalue weighted by Gasteiger charge is 2.68. The van der Waals surface area contributed by atoms with Crippen LogP contribution >= 0.6 is 0 Å². The van der Waals surface area contributed by atoms with Gasteiger partial charge < -0.3 is 20.3 Å². The van der Waals surface area contributed by atoms with Crippen LogP contribution in [0, 0.1) is 29.1 Å². The highest BCUT2D eigenvalue weighted by Crippen LogP contribution is 2.58. The van der Waals surface area contributed by atoms with E-state index in [1.165, 1.54) is 26.0 Å². The lowest BCUT2D eigenvalue weighted by atomic mass is 9.51. The van der Waals surface area contributed by atoms with E-state index >= 15 is 0 Å². The van der Waals surface area contributed by atoms with Crippen LogP contribution in [0.5, 0.6) is 0 Å². The maximum atomic E-state index is 14.2. The Kier molecular flexibility index (Phi) is 7.32. The number of carbonyl (C=O) groups is 3. The van der Waals surface area contributed by atoms with E-state index in [2.05, 4.69) is 11.9 Å². The number of aliphatic hydroxyl groups excluding tert-OH is 1. The lowest BCUT2D eigenvalue weighted by Crippen LogP contribution is -2.60. The number of ether oxygens (including phenoxy) is 1. The summed E-state index contributed by atoms with van der Waals surface area (Å²) < 4.78 is 5.81. The van der Waals surface area contributed by atoms with Crippen LogP contribution in [0.3, 0.4) is 0 Å². The van der Waals surface area contributed by atoms with Crippen molar-refractivity contribution in [2.24, 2.45) is 29.1 Å². The van der Waals surface area contributed by atoms with E-state index in [-0.39, 0.29) is 23.7 Å². The van der Waals surface area contributed by atoms with Gasteiger partial charge in [-0.1, -0.05) is 62.9 Å². The summed E-state index contributed by atoms with van der Waals surface area (Å²) in [5.74, 6) is -3.26. The standard InChI is InChI=1S/C30H37NO6/c1-17-10-9-13-22-26(33)19(3)18(2)25-23(16-21-11-7-6-8-12-21)31-28(35)30(22,25)24(37-20(4)32)14-15-29(5,36)27(17)34/h6-9,11-15,17-18,22-26,33,36H,3,10,16H2,1-2,4-5H3,(H,31,35)/b13-9?,15-14-/t17?,18?,22?,23?,24-,25?,26+,29-,30?/m1/s1. The summed E-state index contributed by atoms with van der Waals surface area (Å²) in [6, 6.07) is 9.49. The van der Waals surface area contributed by atoms with Crippen LogP contribution in [0.2, 0.25) is 0 Å². The maximum Gasteiger partial charge on any atom is 0.303 e. The zero-order chi connectivity index (χ0) is 27.1.